The molecule has 2 N–H and O–H groups in total. The minimum Gasteiger partial charge on any atom is -0.298 e. The number of carbonyl (C=O) groups excluding carboxylic acids is 1. The largest absolute Gasteiger partial charge is 0.298 e. The minimum absolute atomic E-state index is 0.146. The number of carbonyl (C=O) groups is 1. The zero-order valence-electron chi connectivity index (χ0n) is 6.67. The number of amides is 1. The summed E-state index contributed by atoms with van der Waals surface area (Å²) in [6, 6.07) is 5.77. The fraction of sp³-hybridized carbons (Fsp3) is 0. The fourth-order valence-corrected chi connectivity index (χ4v) is 1.48. The number of fused-ring (bicyclic) bond motifs is 1. The van der Waals surface area contributed by atoms with Crippen LogP contribution >= 0.6 is 15.9 Å². The van der Waals surface area contributed by atoms with Crippen molar-refractivity contribution in [3.8, 4) is 0 Å². The number of hydrogen-bond acceptors (Lipinski definition) is 2. The van der Waals surface area contributed by atoms with Crippen LogP contribution in [0.5, 0.6) is 0 Å². The van der Waals surface area contributed by atoms with Crippen LogP contribution in [-0.2, 0) is 4.79 Å². The van der Waals surface area contributed by atoms with Gasteiger partial charge < -0.3 is 0 Å². The molecule has 0 saturated heterocycles. The van der Waals surface area contributed by atoms with Crippen LogP contribution in [0.15, 0.2) is 28.7 Å². The van der Waals surface area contributed by atoms with Crippen LogP contribution in [0.4, 0.5) is 5.69 Å². The van der Waals surface area contributed by atoms with E-state index in [0.29, 0.717) is 0 Å². The molecule has 0 unspecified atom stereocenters. The van der Waals surface area contributed by atoms with Gasteiger partial charge in [-0.1, -0.05) is 22.0 Å². The third-order valence-electron chi connectivity index (χ3n) is 1.75. The highest BCUT2D eigenvalue weighted by Gasteiger charge is 2.05. The second-order valence-corrected chi connectivity index (χ2v) is 3.59. The maximum absolute atomic E-state index is 11.0. The average molecular weight is 239 g/mol. The Labute approximate surface area is 83.9 Å². The molecule has 1 aliphatic heterocycles. The van der Waals surface area contributed by atoms with E-state index in [-0.39, 0.29) is 5.91 Å². The Hall–Kier alpha value is -1.29. The van der Waals surface area contributed by atoms with Gasteiger partial charge in [0.1, 0.15) is 0 Å². The number of halogens is 1. The third kappa shape index (κ3) is 1.72. The molecule has 0 fully saturated rings. The van der Waals surface area contributed by atoms with Gasteiger partial charge >= 0.3 is 0 Å². The molecule has 0 aliphatic carbocycles. The molecule has 13 heavy (non-hydrogen) atoms. The maximum Gasteiger partial charge on any atom is 0.262 e. The zero-order valence-corrected chi connectivity index (χ0v) is 8.26. The first-order valence-electron chi connectivity index (χ1n) is 3.79. The predicted octanol–water partition coefficient (Wildman–Crippen LogP) is 1.92. The molecule has 2 rings (SSSR count). The zero-order chi connectivity index (χ0) is 9.26. The van der Waals surface area contributed by atoms with Gasteiger partial charge in [0.05, 0.1) is 5.69 Å². The molecular weight excluding hydrogens is 232 g/mol. The summed E-state index contributed by atoms with van der Waals surface area (Å²) in [6.45, 7) is 0. The summed E-state index contributed by atoms with van der Waals surface area (Å²) >= 11 is 3.35. The van der Waals surface area contributed by atoms with Crippen LogP contribution in [-0.4, -0.2) is 5.91 Å². The first-order valence-corrected chi connectivity index (χ1v) is 4.58. The highest BCUT2D eigenvalue weighted by Crippen LogP contribution is 2.22. The van der Waals surface area contributed by atoms with Gasteiger partial charge in [0.2, 0.25) is 0 Å². The second kappa shape index (κ2) is 3.22. The van der Waals surface area contributed by atoms with Gasteiger partial charge in [0.15, 0.2) is 0 Å². The van der Waals surface area contributed by atoms with Gasteiger partial charge in [0.25, 0.3) is 5.91 Å². The normalized spacial score (nSPS) is 14.1. The first kappa shape index (κ1) is 8.31. The Balaban J connectivity index is 2.46. The Morgan fingerprint density at radius 1 is 1.15 bits per heavy atom. The molecule has 1 aliphatic rings. The first-order chi connectivity index (χ1) is 6.25. The average Bonchev–Trinajstić information content (AvgIpc) is 2.29. The summed E-state index contributed by atoms with van der Waals surface area (Å²) in [5.41, 5.74) is 7.23. The number of benzene rings is 1. The molecule has 0 aromatic heterocycles. The van der Waals surface area contributed by atoms with Crippen molar-refractivity contribution in [1.82, 2.24) is 5.43 Å². The van der Waals surface area contributed by atoms with Crippen LogP contribution in [0.2, 0.25) is 0 Å². The number of rotatable bonds is 0. The lowest BCUT2D eigenvalue weighted by atomic mass is 10.2. The summed E-state index contributed by atoms with van der Waals surface area (Å²) in [5, 5.41) is 0. The summed E-state index contributed by atoms with van der Waals surface area (Å²) in [6.07, 6.45) is 3.27. The van der Waals surface area contributed by atoms with Gasteiger partial charge in [-0.25, -0.2) is 0 Å². The number of hydrogen-bond donors (Lipinski definition) is 2. The van der Waals surface area contributed by atoms with Crippen molar-refractivity contribution in [1.29, 1.82) is 0 Å². The molecular formula is C9H7BrN2O. The third-order valence-corrected chi connectivity index (χ3v) is 2.24. The van der Waals surface area contributed by atoms with E-state index in [0.717, 1.165) is 15.7 Å². The van der Waals surface area contributed by atoms with Crippen molar-refractivity contribution in [2.45, 2.75) is 0 Å². The smallest absolute Gasteiger partial charge is 0.262 e. The molecule has 0 bridgehead atoms. The number of hydrazine groups is 1. The highest BCUT2D eigenvalue weighted by molar-refractivity contribution is 9.10. The molecule has 0 spiro atoms. The van der Waals surface area contributed by atoms with Crippen molar-refractivity contribution in [3.05, 3.63) is 34.3 Å². The van der Waals surface area contributed by atoms with Crippen LogP contribution in [0.1, 0.15) is 5.56 Å². The van der Waals surface area contributed by atoms with Gasteiger partial charge in [-0.2, -0.15) is 0 Å². The Bertz CT molecular complexity index is 387. The lowest BCUT2D eigenvalue weighted by molar-refractivity contribution is -0.115. The summed E-state index contributed by atoms with van der Waals surface area (Å²) < 4.78 is 0.975. The second-order valence-electron chi connectivity index (χ2n) is 2.68. The maximum atomic E-state index is 11.0. The quantitative estimate of drug-likeness (QED) is 0.726. The molecule has 1 aromatic rings. The van der Waals surface area contributed by atoms with E-state index in [9.17, 15) is 4.79 Å². The van der Waals surface area contributed by atoms with Crippen LogP contribution in [0, 0.1) is 0 Å². The monoisotopic (exact) mass is 238 g/mol. The number of nitrogens with one attached hydrogen (secondary N) is 2. The topological polar surface area (TPSA) is 41.1 Å². The fourth-order valence-electron chi connectivity index (χ4n) is 1.12. The Morgan fingerprint density at radius 3 is 2.85 bits per heavy atom. The molecule has 1 aromatic carbocycles. The van der Waals surface area contributed by atoms with Gasteiger partial charge in [-0.3, -0.25) is 15.6 Å². The van der Waals surface area contributed by atoms with Crippen molar-refractivity contribution in [2.75, 3.05) is 5.43 Å². The summed E-state index contributed by atoms with van der Waals surface area (Å²) in [5.74, 6) is -0.146. The van der Waals surface area contributed by atoms with Crippen LogP contribution < -0.4 is 10.9 Å². The highest BCUT2D eigenvalue weighted by atomic mass is 79.9. The van der Waals surface area contributed by atoms with Gasteiger partial charge in [-0.15, -0.1) is 0 Å². The van der Waals surface area contributed by atoms with Crippen LogP contribution in [0.25, 0.3) is 6.08 Å². The van der Waals surface area contributed by atoms with E-state index in [4.69, 9.17) is 0 Å². The van der Waals surface area contributed by atoms with E-state index in [1.807, 2.05) is 18.2 Å². The Kier molecular flexibility index (Phi) is 2.06. The van der Waals surface area contributed by atoms with Crippen molar-refractivity contribution >= 4 is 33.6 Å². The minimum atomic E-state index is -0.146. The molecule has 3 nitrogen and oxygen atoms in total. The SMILES string of the molecule is O=C1C=Cc2ccc(Br)cc2NN1. The van der Waals surface area contributed by atoms with Gasteiger partial charge in [0, 0.05) is 10.5 Å². The molecule has 0 radical (unpaired) electrons. The van der Waals surface area contributed by atoms with E-state index < -0.39 is 0 Å². The molecule has 0 atom stereocenters. The molecule has 1 amide bonds. The molecule has 0 saturated carbocycles. The lowest BCUT2D eigenvalue weighted by Gasteiger charge is -2.06. The molecule has 66 valence electrons. The van der Waals surface area contributed by atoms with E-state index >= 15 is 0 Å². The van der Waals surface area contributed by atoms with E-state index in [2.05, 4.69) is 26.8 Å². The Morgan fingerprint density at radius 2 is 2.00 bits per heavy atom. The van der Waals surface area contributed by atoms with E-state index in [1.54, 1.807) is 6.08 Å². The van der Waals surface area contributed by atoms with Gasteiger partial charge in [-0.05, 0) is 23.8 Å². The predicted molar refractivity (Wildman–Crippen MR) is 54.9 cm³/mol. The van der Waals surface area contributed by atoms with Crippen molar-refractivity contribution < 1.29 is 4.79 Å². The summed E-state index contributed by atoms with van der Waals surface area (Å²) in [4.78, 5) is 11.0. The van der Waals surface area contributed by atoms with Crippen LogP contribution in [0.3, 0.4) is 0 Å². The molecule has 4 heteroatoms. The lowest BCUT2D eigenvalue weighted by Crippen LogP contribution is -2.26. The van der Waals surface area contributed by atoms with Crippen molar-refractivity contribution in [3.63, 3.8) is 0 Å². The van der Waals surface area contributed by atoms with Crippen molar-refractivity contribution in [2.24, 2.45) is 0 Å². The standard InChI is InChI=1S/C9H7BrN2O/c10-7-3-1-6-2-4-9(13)12-11-8(6)5-7/h1-5,11H,(H,12,13). The molecule has 1 heterocycles. The summed E-state index contributed by atoms with van der Waals surface area (Å²) in [7, 11) is 0. The van der Waals surface area contributed by atoms with E-state index in [1.165, 1.54) is 6.08 Å². The number of anilines is 1.